The largest absolute Gasteiger partial charge is 0.383 e. The number of rotatable bonds is 6. The van der Waals surface area contributed by atoms with Crippen LogP contribution >= 0.6 is 0 Å². The molecule has 4 nitrogen and oxygen atoms in total. The van der Waals surface area contributed by atoms with Crippen LogP contribution in [0.1, 0.15) is 27.3 Å². The third kappa shape index (κ3) is 3.77. The molecule has 0 amide bonds. The standard InChI is InChI=1S/C19H20N2O2/c1-14-11-17(15(2)21(14)9-10-23-3)12-18(13-20)19(22)16-7-5-4-6-8-16/h4-8,11-12H,9-10H2,1-3H3. The van der Waals surface area contributed by atoms with E-state index in [2.05, 4.69) is 4.57 Å². The lowest BCUT2D eigenvalue weighted by Gasteiger charge is -2.08. The fourth-order valence-electron chi connectivity index (χ4n) is 2.55. The van der Waals surface area contributed by atoms with Gasteiger partial charge >= 0.3 is 0 Å². The van der Waals surface area contributed by atoms with Crippen molar-refractivity contribution in [2.75, 3.05) is 13.7 Å². The van der Waals surface area contributed by atoms with Gasteiger partial charge in [-0.3, -0.25) is 4.79 Å². The summed E-state index contributed by atoms with van der Waals surface area (Å²) in [4.78, 5) is 12.4. The van der Waals surface area contributed by atoms with Crippen molar-refractivity contribution in [1.29, 1.82) is 5.26 Å². The molecule has 0 atom stereocenters. The number of ether oxygens (including phenoxy) is 1. The number of carbonyl (C=O) groups is 1. The molecule has 118 valence electrons. The number of hydrogen-bond donors (Lipinski definition) is 0. The summed E-state index contributed by atoms with van der Waals surface area (Å²) >= 11 is 0. The number of nitrogens with zero attached hydrogens (tertiary/aromatic N) is 2. The van der Waals surface area contributed by atoms with Gasteiger partial charge in [-0.1, -0.05) is 30.3 Å². The molecule has 0 bridgehead atoms. The lowest BCUT2D eigenvalue weighted by atomic mass is 10.0. The van der Waals surface area contributed by atoms with Crippen molar-refractivity contribution >= 4 is 11.9 Å². The SMILES string of the molecule is COCCn1c(C)cc(C=C(C#N)C(=O)c2ccccc2)c1C. The molecule has 1 aromatic carbocycles. The summed E-state index contributed by atoms with van der Waals surface area (Å²) in [5, 5.41) is 9.36. The van der Waals surface area contributed by atoms with Crippen LogP contribution < -0.4 is 0 Å². The molecule has 0 radical (unpaired) electrons. The Morgan fingerprint density at radius 3 is 2.61 bits per heavy atom. The Hall–Kier alpha value is -2.64. The first-order valence-electron chi connectivity index (χ1n) is 7.45. The second-order valence-corrected chi connectivity index (χ2v) is 5.34. The first-order valence-corrected chi connectivity index (χ1v) is 7.45. The van der Waals surface area contributed by atoms with Gasteiger partial charge < -0.3 is 9.30 Å². The number of carbonyl (C=O) groups excluding carboxylic acids is 1. The molecule has 0 fully saturated rings. The van der Waals surface area contributed by atoms with E-state index in [0.29, 0.717) is 12.2 Å². The van der Waals surface area contributed by atoms with Gasteiger partial charge in [0.05, 0.1) is 6.61 Å². The van der Waals surface area contributed by atoms with Crippen molar-refractivity contribution in [3.63, 3.8) is 0 Å². The maximum Gasteiger partial charge on any atom is 0.203 e. The Balaban J connectivity index is 2.36. The quantitative estimate of drug-likeness (QED) is 0.466. The van der Waals surface area contributed by atoms with E-state index in [1.807, 2.05) is 32.0 Å². The van der Waals surface area contributed by atoms with Crippen LogP contribution in [0.25, 0.3) is 6.08 Å². The normalized spacial score (nSPS) is 11.3. The number of methoxy groups -OCH3 is 1. The number of hydrogen-bond acceptors (Lipinski definition) is 3. The second kappa shape index (κ2) is 7.57. The van der Waals surface area contributed by atoms with Crippen molar-refractivity contribution < 1.29 is 9.53 Å². The molecular formula is C19H20N2O2. The topological polar surface area (TPSA) is 55.0 Å². The van der Waals surface area contributed by atoms with Gasteiger partial charge in [-0.05, 0) is 31.6 Å². The molecule has 2 aromatic rings. The van der Waals surface area contributed by atoms with E-state index in [1.165, 1.54) is 0 Å². The lowest BCUT2D eigenvalue weighted by Crippen LogP contribution is -2.07. The molecule has 1 aromatic heterocycles. The minimum Gasteiger partial charge on any atom is -0.383 e. The Morgan fingerprint density at radius 1 is 1.30 bits per heavy atom. The van der Waals surface area contributed by atoms with Crippen molar-refractivity contribution in [2.45, 2.75) is 20.4 Å². The average Bonchev–Trinajstić information content (AvgIpc) is 2.84. The molecule has 4 heteroatoms. The van der Waals surface area contributed by atoms with Crippen LogP contribution in [0.3, 0.4) is 0 Å². The molecule has 0 saturated heterocycles. The molecule has 0 unspecified atom stereocenters. The predicted molar refractivity (Wildman–Crippen MR) is 90.1 cm³/mol. The second-order valence-electron chi connectivity index (χ2n) is 5.34. The van der Waals surface area contributed by atoms with E-state index in [9.17, 15) is 10.1 Å². The average molecular weight is 308 g/mol. The molecule has 0 N–H and O–H groups in total. The van der Waals surface area contributed by atoms with Crippen LogP contribution in [0.15, 0.2) is 42.0 Å². The van der Waals surface area contributed by atoms with Gasteiger partial charge in [0.1, 0.15) is 11.6 Å². The van der Waals surface area contributed by atoms with Crippen LogP contribution in [0.2, 0.25) is 0 Å². The van der Waals surface area contributed by atoms with Gasteiger partial charge in [0.2, 0.25) is 5.78 Å². The fourth-order valence-corrected chi connectivity index (χ4v) is 2.55. The zero-order chi connectivity index (χ0) is 16.8. The Bertz CT molecular complexity index is 765. The van der Waals surface area contributed by atoms with Gasteiger partial charge in [-0.25, -0.2) is 0 Å². The number of aryl methyl sites for hydroxylation is 1. The first-order chi connectivity index (χ1) is 11.1. The molecule has 2 rings (SSSR count). The predicted octanol–water partition coefficient (Wildman–Crippen LogP) is 3.54. The zero-order valence-corrected chi connectivity index (χ0v) is 13.7. The Labute approximate surface area is 136 Å². The highest BCUT2D eigenvalue weighted by Gasteiger charge is 2.14. The molecule has 0 saturated carbocycles. The minimum atomic E-state index is -0.255. The summed E-state index contributed by atoms with van der Waals surface area (Å²) < 4.78 is 7.24. The highest BCUT2D eigenvalue weighted by Crippen LogP contribution is 2.19. The van der Waals surface area contributed by atoms with Gasteiger partial charge in [0.15, 0.2) is 0 Å². The summed E-state index contributed by atoms with van der Waals surface area (Å²) in [7, 11) is 1.67. The third-order valence-electron chi connectivity index (χ3n) is 3.83. The van der Waals surface area contributed by atoms with Gasteiger partial charge in [-0.2, -0.15) is 5.26 Å². The maximum absolute atomic E-state index is 12.4. The van der Waals surface area contributed by atoms with Crippen molar-refractivity contribution in [1.82, 2.24) is 4.57 Å². The summed E-state index contributed by atoms with van der Waals surface area (Å²) in [5.41, 5.74) is 3.65. The number of nitriles is 1. The van der Waals surface area contributed by atoms with Crippen molar-refractivity contribution in [3.8, 4) is 6.07 Å². The van der Waals surface area contributed by atoms with Crippen LogP contribution in [0.5, 0.6) is 0 Å². The smallest absolute Gasteiger partial charge is 0.203 e. The summed E-state index contributed by atoms with van der Waals surface area (Å²) in [6, 6.07) is 12.9. The van der Waals surface area contributed by atoms with Crippen molar-refractivity contribution in [2.24, 2.45) is 0 Å². The number of aromatic nitrogens is 1. The monoisotopic (exact) mass is 308 g/mol. The van der Waals surface area contributed by atoms with Crippen LogP contribution in [0, 0.1) is 25.2 Å². The van der Waals surface area contributed by atoms with Gasteiger partial charge in [0, 0.05) is 30.6 Å². The van der Waals surface area contributed by atoms with Gasteiger partial charge in [-0.15, -0.1) is 0 Å². The van der Waals surface area contributed by atoms with Crippen molar-refractivity contribution in [3.05, 3.63) is 64.5 Å². The van der Waals surface area contributed by atoms with E-state index in [1.54, 1.807) is 37.5 Å². The summed E-state index contributed by atoms with van der Waals surface area (Å²) in [6.45, 7) is 5.35. The van der Waals surface area contributed by atoms with E-state index < -0.39 is 0 Å². The molecule has 23 heavy (non-hydrogen) atoms. The number of benzene rings is 1. The van der Waals surface area contributed by atoms with E-state index in [-0.39, 0.29) is 11.4 Å². The van der Waals surface area contributed by atoms with E-state index in [0.717, 1.165) is 23.5 Å². The van der Waals surface area contributed by atoms with E-state index in [4.69, 9.17) is 4.74 Å². The summed E-state index contributed by atoms with van der Waals surface area (Å²) in [5.74, 6) is -0.255. The van der Waals surface area contributed by atoms with Crippen LogP contribution in [0.4, 0.5) is 0 Å². The minimum absolute atomic E-state index is 0.142. The van der Waals surface area contributed by atoms with Crippen LogP contribution in [-0.4, -0.2) is 24.1 Å². The molecule has 1 heterocycles. The summed E-state index contributed by atoms with van der Waals surface area (Å²) in [6.07, 6.45) is 1.67. The third-order valence-corrected chi connectivity index (χ3v) is 3.83. The Morgan fingerprint density at radius 2 is 2.00 bits per heavy atom. The molecule has 0 aliphatic heterocycles. The molecule has 0 aliphatic carbocycles. The van der Waals surface area contributed by atoms with E-state index >= 15 is 0 Å². The Kier molecular flexibility index (Phi) is 5.51. The first kappa shape index (κ1) is 16.7. The maximum atomic E-state index is 12.4. The lowest BCUT2D eigenvalue weighted by molar-refractivity contribution is 0.104. The highest BCUT2D eigenvalue weighted by atomic mass is 16.5. The molecular weight excluding hydrogens is 288 g/mol. The fraction of sp³-hybridized carbons (Fsp3) is 0.263. The molecule has 0 aliphatic rings. The number of ketones is 1. The highest BCUT2D eigenvalue weighted by molar-refractivity contribution is 6.14. The molecule has 0 spiro atoms. The number of Topliss-reactive ketones (excluding diaryl/α,β-unsaturated/α-hetero) is 1. The van der Waals surface area contributed by atoms with Crippen LogP contribution in [-0.2, 0) is 11.3 Å². The zero-order valence-electron chi connectivity index (χ0n) is 13.7. The number of allylic oxidation sites excluding steroid dienone is 1. The van der Waals surface area contributed by atoms with Gasteiger partial charge in [0.25, 0.3) is 0 Å².